The zero-order valence-corrected chi connectivity index (χ0v) is 14.2. The number of carboxylic acid groups (broad SMARTS) is 1. The highest BCUT2D eigenvalue weighted by molar-refractivity contribution is 9.10. The van der Waals surface area contributed by atoms with Gasteiger partial charge in [-0.2, -0.15) is 13.9 Å². The van der Waals surface area contributed by atoms with Crippen molar-refractivity contribution in [2.45, 2.75) is 26.0 Å². The van der Waals surface area contributed by atoms with Crippen LogP contribution >= 0.6 is 15.9 Å². The first kappa shape index (κ1) is 16.9. The minimum Gasteiger partial charge on any atom is -0.465 e. The van der Waals surface area contributed by atoms with E-state index in [0.717, 1.165) is 12.8 Å². The molecule has 130 valence electrons. The van der Waals surface area contributed by atoms with Crippen LogP contribution in [0.3, 0.4) is 0 Å². The third kappa shape index (κ3) is 3.61. The Morgan fingerprint density at radius 1 is 1.42 bits per heavy atom. The van der Waals surface area contributed by atoms with Crippen LogP contribution < -0.4 is 4.74 Å². The Morgan fingerprint density at radius 2 is 2.12 bits per heavy atom. The minimum absolute atomic E-state index is 0.0782. The largest absolute Gasteiger partial charge is 0.465 e. The fourth-order valence-electron chi connectivity index (χ4n) is 2.96. The van der Waals surface area contributed by atoms with E-state index in [1.807, 2.05) is 0 Å². The molecule has 3 rings (SSSR count). The number of rotatable bonds is 4. The van der Waals surface area contributed by atoms with Crippen molar-refractivity contribution in [3.05, 3.63) is 22.8 Å². The van der Waals surface area contributed by atoms with Crippen LogP contribution in [0.4, 0.5) is 13.6 Å². The monoisotopic (exact) mass is 403 g/mol. The summed E-state index contributed by atoms with van der Waals surface area (Å²) in [6, 6.07) is 3.37. The van der Waals surface area contributed by atoms with E-state index in [9.17, 15) is 13.6 Å². The Morgan fingerprint density at radius 3 is 2.75 bits per heavy atom. The molecule has 0 radical (unpaired) electrons. The number of benzene rings is 1. The lowest BCUT2D eigenvalue weighted by atomic mass is 9.97. The number of ether oxygens (including phenoxy) is 1. The average Bonchev–Trinajstić information content (AvgIpc) is 2.93. The first-order valence-electron chi connectivity index (χ1n) is 7.52. The summed E-state index contributed by atoms with van der Waals surface area (Å²) in [5.41, 5.74) is 0.580. The molecule has 6 nitrogen and oxygen atoms in total. The van der Waals surface area contributed by atoms with E-state index in [2.05, 4.69) is 25.8 Å². The smallest absolute Gasteiger partial charge is 0.407 e. The van der Waals surface area contributed by atoms with Gasteiger partial charge in [0.1, 0.15) is 0 Å². The first-order chi connectivity index (χ1) is 11.4. The van der Waals surface area contributed by atoms with E-state index in [1.165, 1.54) is 4.90 Å². The van der Waals surface area contributed by atoms with Crippen LogP contribution in [0.25, 0.3) is 10.9 Å². The molecule has 0 saturated carbocycles. The molecule has 0 unspecified atom stereocenters. The number of hydrogen-bond acceptors (Lipinski definition) is 3. The van der Waals surface area contributed by atoms with Crippen molar-refractivity contribution in [1.82, 2.24) is 14.7 Å². The Bertz CT molecular complexity index is 745. The van der Waals surface area contributed by atoms with E-state index < -0.39 is 12.7 Å². The summed E-state index contributed by atoms with van der Waals surface area (Å²) in [5.74, 6) is 0.382. The number of nitrogens with zero attached hydrogens (tertiary/aromatic N) is 3. The molecule has 1 amide bonds. The van der Waals surface area contributed by atoms with Crippen molar-refractivity contribution in [2.75, 3.05) is 13.1 Å². The van der Waals surface area contributed by atoms with Gasteiger partial charge in [-0.05, 0) is 46.8 Å². The molecule has 24 heavy (non-hydrogen) atoms. The van der Waals surface area contributed by atoms with Crippen LogP contribution in [0.1, 0.15) is 12.8 Å². The number of fused-ring (bicyclic) bond motifs is 1. The molecule has 0 atom stereocenters. The molecule has 2 aromatic rings. The van der Waals surface area contributed by atoms with Crippen molar-refractivity contribution < 1.29 is 23.4 Å². The Balaban J connectivity index is 1.76. The minimum atomic E-state index is -2.91. The van der Waals surface area contributed by atoms with Crippen LogP contribution in [0.2, 0.25) is 0 Å². The maximum absolute atomic E-state index is 12.6. The molecule has 1 aliphatic rings. The van der Waals surface area contributed by atoms with E-state index >= 15 is 0 Å². The zero-order valence-electron chi connectivity index (χ0n) is 12.7. The maximum atomic E-state index is 12.6. The van der Waals surface area contributed by atoms with Crippen LogP contribution in [0.15, 0.2) is 22.8 Å². The summed E-state index contributed by atoms with van der Waals surface area (Å²) in [6.45, 7) is -1.28. The Labute approximate surface area is 145 Å². The van der Waals surface area contributed by atoms with Crippen LogP contribution in [-0.2, 0) is 6.54 Å². The number of carbonyl (C=O) groups is 1. The van der Waals surface area contributed by atoms with Crippen molar-refractivity contribution >= 4 is 32.9 Å². The summed E-state index contributed by atoms with van der Waals surface area (Å²) in [7, 11) is 0. The number of aromatic nitrogens is 2. The molecule has 1 saturated heterocycles. The van der Waals surface area contributed by atoms with Gasteiger partial charge in [0.25, 0.3) is 0 Å². The lowest BCUT2D eigenvalue weighted by Gasteiger charge is -2.29. The number of likely N-dealkylation sites (tertiary alicyclic amines) is 1. The molecule has 9 heteroatoms. The van der Waals surface area contributed by atoms with Gasteiger partial charge in [-0.15, -0.1) is 0 Å². The third-order valence-electron chi connectivity index (χ3n) is 4.18. The number of hydrogen-bond donors (Lipinski definition) is 1. The van der Waals surface area contributed by atoms with Crippen molar-refractivity contribution in [3.63, 3.8) is 0 Å². The second-order valence-corrected chi connectivity index (χ2v) is 6.61. The lowest BCUT2D eigenvalue weighted by Crippen LogP contribution is -2.38. The van der Waals surface area contributed by atoms with Gasteiger partial charge < -0.3 is 14.7 Å². The van der Waals surface area contributed by atoms with Crippen LogP contribution in [0, 0.1) is 5.92 Å². The second kappa shape index (κ2) is 6.92. The molecule has 1 N–H and O–H groups in total. The number of alkyl halides is 2. The topological polar surface area (TPSA) is 67.6 Å². The molecule has 1 aromatic heterocycles. The number of halogens is 3. The molecule has 0 bridgehead atoms. The molecular weight excluding hydrogens is 388 g/mol. The van der Waals surface area contributed by atoms with Gasteiger partial charge in [-0.25, -0.2) is 4.79 Å². The highest BCUT2D eigenvalue weighted by Gasteiger charge is 2.23. The summed E-state index contributed by atoms with van der Waals surface area (Å²) < 4.78 is 31.9. The van der Waals surface area contributed by atoms with Gasteiger partial charge in [0.15, 0.2) is 5.75 Å². The highest BCUT2D eigenvalue weighted by atomic mass is 79.9. The Kier molecular flexibility index (Phi) is 4.88. The molecule has 0 spiro atoms. The molecular formula is C15H16BrF2N3O3. The molecule has 1 aliphatic heterocycles. The molecule has 1 fully saturated rings. The normalized spacial score (nSPS) is 16.1. The summed E-state index contributed by atoms with van der Waals surface area (Å²) in [6.07, 6.45) is 2.32. The van der Waals surface area contributed by atoms with Gasteiger partial charge in [0.2, 0.25) is 0 Å². The predicted molar refractivity (Wildman–Crippen MR) is 86.4 cm³/mol. The first-order valence-corrected chi connectivity index (χ1v) is 8.31. The van der Waals surface area contributed by atoms with Gasteiger partial charge >= 0.3 is 12.7 Å². The number of amides is 1. The van der Waals surface area contributed by atoms with Crippen LogP contribution in [-0.4, -0.2) is 45.6 Å². The number of piperidine rings is 1. The third-order valence-corrected chi connectivity index (χ3v) is 4.80. The molecule has 1 aromatic carbocycles. The SMILES string of the molecule is O=C(O)N1CCC(Cn2cc3c(OC(F)F)c(Br)ccc3n2)CC1. The average molecular weight is 404 g/mol. The second-order valence-electron chi connectivity index (χ2n) is 5.75. The van der Waals surface area contributed by atoms with Crippen molar-refractivity contribution in [2.24, 2.45) is 5.92 Å². The van der Waals surface area contributed by atoms with Gasteiger partial charge in [-0.1, -0.05) is 0 Å². The standard InChI is InChI=1S/C15H16BrF2N3O3/c16-11-1-2-12-10(13(11)24-14(17)18)8-21(19-12)7-9-3-5-20(6-4-9)15(22)23/h1-2,8-9,14H,3-7H2,(H,22,23). The summed E-state index contributed by atoms with van der Waals surface area (Å²) in [4.78, 5) is 12.3. The van der Waals surface area contributed by atoms with Crippen LogP contribution in [0.5, 0.6) is 5.75 Å². The van der Waals surface area contributed by atoms with Crippen molar-refractivity contribution in [1.29, 1.82) is 0 Å². The summed E-state index contributed by atoms with van der Waals surface area (Å²) in [5, 5.41) is 13.9. The van der Waals surface area contributed by atoms with E-state index in [4.69, 9.17) is 5.11 Å². The van der Waals surface area contributed by atoms with E-state index in [1.54, 1.807) is 23.0 Å². The molecule has 2 heterocycles. The summed E-state index contributed by atoms with van der Waals surface area (Å²) >= 11 is 3.22. The fourth-order valence-corrected chi connectivity index (χ4v) is 3.40. The van der Waals surface area contributed by atoms with Crippen molar-refractivity contribution in [3.8, 4) is 5.75 Å². The van der Waals surface area contributed by atoms with Gasteiger partial charge in [0.05, 0.1) is 15.4 Å². The fraction of sp³-hybridized carbons (Fsp3) is 0.467. The zero-order chi connectivity index (χ0) is 17.3. The maximum Gasteiger partial charge on any atom is 0.407 e. The highest BCUT2D eigenvalue weighted by Crippen LogP contribution is 2.34. The Hall–Kier alpha value is -1.90. The van der Waals surface area contributed by atoms with Gasteiger partial charge in [-0.3, -0.25) is 4.68 Å². The van der Waals surface area contributed by atoms with E-state index in [0.29, 0.717) is 40.9 Å². The quantitative estimate of drug-likeness (QED) is 0.842. The molecule has 0 aliphatic carbocycles. The predicted octanol–water partition coefficient (Wildman–Crippen LogP) is 3.79. The van der Waals surface area contributed by atoms with E-state index in [-0.39, 0.29) is 5.75 Å². The lowest BCUT2D eigenvalue weighted by molar-refractivity contribution is -0.0492. The van der Waals surface area contributed by atoms with Gasteiger partial charge in [0, 0.05) is 25.8 Å².